The van der Waals surface area contributed by atoms with Crippen molar-refractivity contribution in [2.24, 2.45) is 44.8 Å². The van der Waals surface area contributed by atoms with Crippen LogP contribution in [0.4, 0.5) is 0 Å². The molecule has 0 unspecified atom stereocenters. The molecule has 208 valence electrons. The lowest BCUT2D eigenvalue weighted by atomic mass is 9.46. The van der Waals surface area contributed by atoms with Crippen LogP contribution < -0.4 is 0 Å². The van der Waals surface area contributed by atoms with Crippen LogP contribution in [0.2, 0.25) is 0 Å². The van der Waals surface area contributed by atoms with Crippen molar-refractivity contribution in [2.45, 2.75) is 98.2 Å². The molecule has 9 heteroatoms. The molecular weight excluding hydrogens is 488 g/mol. The Bertz CT molecular complexity index is 1130. The van der Waals surface area contributed by atoms with Gasteiger partial charge in [-0.2, -0.15) is 0 Å². The van der Waals surface area contributed by atoms with E-state index in [1.54, 1.807) is 6.92 Å². The molecule has 0 amide bonds. The molecule has 0 aromatic rings. The van der Waals surface area contributed by atoms with Crippen LogP contribution in [0.1, 0.15) is 86.5 Å². The number of carbonyl (C=O) groups is 3. The van der Waals surface area contributed by atoms with Crippen molar-refractivity contribution in [3.05, 3.63) is 11.6 Å². The fourth-order valence-electron chi connectivity index (χ4n) is 8.97. The van der Waals surface area contributed by atoms with Crippen molar-refractivity contribution >= 4 is 29.3 Å². The van der Waals surface area contributed by atoms with Gasteiger partial charge in [0.1, 0.15) is 11.8 Å². The van der Waals surface area contributed by atoms with Crippen LogP contribution in [-0.4, -0.2) is 47.6 Å². The number of carbonyl (C=O) groups excluding carboxylic acids is 3. The molecule has 5 aliphatic rings. The predicted octanol–water partition coefficient (Wildman–Crippen LogP) is 4.73. The quantitative estimate of drug-likeness (QED) is 0.167. The molecule has 0 bridgehead atoms. The van der Waals surface area contributed by atoms with Crippen LogP contribution in [0.5, 0.6) is 0 Å². The molecule has 0 aromatic carbocycles. The van der Waals surface area contributed by atoms with E-state index in [1.165, 1.54) is 19.4 Å². The van der Waals surface area contributed by atoms with Gasteiger partial charge in [-0.25, -0.2) is 9.59 Å². The van der Waals surface area contributed by atoms with Gasteiger partial charge in [0, 0.05) is 25.7 Å². The maximum atomic E-state index is 13.0. The lowest BCUT2D eigenvalue weighted by molar-refractivity contribution is -0.149. The first-order valence-corrected chi connectivity index (χ1v) is 14.0. The van der Waals surface area contributed by atoms with Crippen LogP contribution in [-0.2, 0) is 33.5 Å². The molecule has 3 saturated carbocycles. The van der Waals surface area contributed by atoms with E-state index in [1.807, 2.05) is 6.92 Å². The van der Waals surface area contributed by atoms with Crippen molar-refractivity contribution in [3.8, 4) is 0 Å². The fourth-order valence-corrected chi connectivity index (χ4v) is 8.97. The topological polar surface area (TPSA) is 113 Å². The van der Waals surface area contributed by atoms with E-state index < -0.39 is 17.5 Å². The molecule has 0 radical (unpaired) electrons. The van der Waals surface area contributed by atoms with E-state index in [2.05, 4.69) is 30.2 Å². The first kappa shape index (κ1) is 26.9. The molecule has 0 saturated heterocycles. The zero-order valence-corrected chi connectivity index (χ0v) is 23.4. The molecule has 0 spiro atoms. The first-order valence-electron chi connectivity index (χ1n) is 14.0. The Labute approximate surface area is 224 Å². The zero-order chi connectivity index (χ0) is 27.5. The minimum Gasteiger partial charge on any atom is -0.462 e. The number of allylic oxidation sites excluding steroid dienone is 1. The molecule has 8 atom stereocenters. The van der Waals surface area contributed by atoms with Gasteiger partial charge in [-0.1, -0.05) is 35.8 Å². The molecule has 0 N–H and O–H groups in total. The smallest absolute Gasteiger partial charge is 0.356 e. The molecule has 3 fully saturated rings. The van der Waals surface area contributed by atoms with Crippen molar-refractivity contribution in [1.82, 2.24) is 0 Å². The lowest BCUT2D eigenvalue weighted by Crippen LogP contribution is -2.59. The summed E-state index contributed by atoms with van der Waals surface area (Å²) < 4.78 is 10.9. The second-order valence-corrected chi connectivity index (χ2v) is 12.3. The Morgan fingerprint density at radius 2 is 1.87 bits per heavy atom. The van der Waals surface area contributed by atoms with Crippen LogP contribution in [0, 0.1) is 34.5 Å². The molecule has 4 aliphatic carbocycles. The van der Waals surface area contributed by atoms with Gasteiger partial charge in [0.15, 0.2) is 11.3 Å². The number of hydrogen-bond acceptors (Lipinski definition) is 9. The third-order valence-corrected chi connectivity index (χ3v) is 10.6. The van der Waals surface area contributed by atoms with E-state index in [0.29, 0.717) is 23.3 Å². The molecule has 1 heterocycles. The van der Waals surface area contributed by atoms with Gasteiger partial charge >= 0.3 is 17.9 Å². The Balaban J connectivity index is 1.50. The van der Waals surface area contributed by atoms with E-state index in [-0.39, 0.29) is 41.3 Å². The van der Waals surface area contributed by atoms with E-state index in [0.717, 1.165) is 44.9 Å². The van der Waals surface area contributed by atoms with Crippen LogP contribution in [0.25, 0.3) is 0 Å². The third-order valence-electron chi connectivity index (χ3n) is 10.6. The lowest BCUT2D eigenvalue weighted by Gasteiger charge is -2.58. The summed E-state index contributed by atoms with van der Waals surface area (Å²) in [7, 11) is 0. The van der Waals surface area contributed by atoms with Crippen LogP contribution >= 0.6 is 0 Å². The third kappa shape index (κ3) is 3.82. The van der Waals surface area contributed by atoms with Gasteiger partial charge in [-0.3, -0.25) is 4.79 Å². The molecule has 0 aromatic heterocycles. The van der Waals surface area contributed by atoms with Crippen molar-refractivity contribution in [1.29, 1.82) is 0 Å². The van der Waals surface area contributed by atoms with Crippen molar-refractivity contribution in [3.63, 3.8) is 0 Å². The summed E-state index contributed by atoms with van der Waals surface area (Å²) in [5.74, 6) is -0.351. The summed E-state index contributed by atoms with van der Waals surface area (Å²) in [6.07, 6.45) is 8.60. The number of esters is 2. The number of oxime groups is 2. The summed E-state index contributed by atoms with van der Waals surface area (Å²) in [5.41, 5.74) is 0.983. The van der Waals surface area contributed by atoms with E-state index in [9.17, 15) is 14.4 Å². The standard InChI is InChI=1S/C29H40N2O7/c1-7-35-26(34)25-24-15-23-21-9-8-19-14-20(36-17(3)32)10-12-27(19,5)22(21)11-13-28(23,6)29(24,38-31-25)16(2)30-37-18(4)33/h8,20-24H,7,9-15H2,1-6H3/b30-16+/t20-,21-,22-,23+,24-,27-,28-,29+/m0/s1. The molecule has 5 rings (SSSR count). The zero-order valence-electron chi connectivity index (χ0n) is 23.4. The van der Waals surface area contributed by atoms with Gasteiger partial charge in [-0.15, -0.1) is 0 Å². The summed E-state index contributed by atoms with van der Waals surface area (Å²) in [5, 5.41) is 8.47. The van der Waals surface area contributed by atoms with Crippen molar-refractivity contribution in [2.75, 3.05) is 6.61 Å². The Morgan fingerprint density at radius 1 is 1.11 bits per heavy atom. The number of rotatable bonds is 5. The second kappa shape index (κ2) is 9.49. The van der Waals surface area contributed by atoms with Crippen LogP contribution in [0.3, 0.4) is 0 Å². The highest BCUT2D eigenvalue weighted by atomic mass is 16.7. The minimum atomic E-state index is -0.974. The predicted molar refractivity (Wildman–Crippen MR) is 139 cm³/mol. The van der Waals surface area contributed by atoms with Crippen molar-refractivity contribution < 1.29 is 33.5 Å². The largest absolute Gasteiger partial charge is 0.462 e. The molecular formula is C29H40N2O7. The number of fused-ring (bicyclic) bond motifs is 7. The van der Waals surface area contributed by atoms with Gasteiger partial charge < -0.3 is 19.1 Å². The monoisotopic (exact) mass is 528 g/mol. The summed E-state index contributed by atoms with van der Waals surface area (Å²) >= 11 is 0. The summed E-state index contributed by atoms with van der Waals surface area (Å²) in [6, 6.07) is 0. The number of hydrogen-bond donors (Lipinski definition) is 0. The normalized spacial score (nSPS) is 41.3. The molecule has 9 nitrogen and oxygen atoms in total. The Hall–Kier alpha value is -2.71. The van der Waals surface area contributed by atoms with E-state index >= 15 is 0 Å². The SMILES string of the molecule is CCOC(=O)C1=NO[C@]2(/C(C)=N/OC(C)=O)[C@H]1C[C@@H]1[C@H]3CC=C4C[C@@H](OC(C)=O)CC[C@]4(C)[C@H]3CC[C@@]12C. The summed E-state index contributed by atoms with van der Waals surface area (Å²) in [6.45, 7) is 11.3. The minimum absolute atomic E-state index is 0.0387. The highest BCUT2D eigenvalue weighted by Gasteiger charge is 2.74. The fraction of sp³-hybridized carbons (Fsp3) is 0.759. The Kier molecular flexibility index (Phi) is 6.71. The second-order valence-electron chi connectivity index (χ2n) is 12.3. The van der Waals surface area contributed by atoms with Crippen LogP contribution in [0.15, 0.2) is 22.0 Å². The average molecular weight is 529 g/mol. The summed E-state index contributed by atoms with van der Waals surface area (Å²) in [4.78, 5) is 47.5. The highest BCUT2D eigenvalue weighted by molar-refractivity contribution is 6.38. The van der Waals surface area contributed by atoms with Gasteiger partial charge in [0.2, 0.25) is 0 Å². The first-order chi connectivity index (χ1) is 18.0. The molecule has 1 aliphatic heterocycles. The maximum absolute atomic E-state index is 13.0. The highest BCUT2D eigenvalue weighted by Crippen LogP contribution is 2.70. The Morgan fingerprint density at radius 3 is 2.55 bits per heavy atom. The molecule has 38 heavy (non-hydrogen) atoms. The average Bonchev–Trinajstić information content (AvgIpc) is 3.36. The van der Waals surface area contributed by atoms with E-state index in [4.69, 9.17) is 19.1 Å². The van der Waals surface area contributed by atoms with Gasteiger partial charge in [-0.05, 0) is 75.5 Å². The van der Waals surface area contributed by atoms with Gasteiger partial charge in [0.25, 0.3) is 0 Å². The van der Waals surface area contributed by atoms with Gasteiger partial charge in [0.05, 0.1) is 12.5 Å². The maximum Gasteiger partial charge on any atom is 0.356 e. The number of ether oxygens (including phenoxy) is 2. The number of nitrogens with zero attached hydrogens (tertiary/aromatic N) is 2.